The minimum Gasteiger partial charge on any atom is -0.310 e. The van der Waals surface area contributed by atoms with Gasteiger partial charge in [-0.1, -0.05) is 19.8 Å². The lowest BCUT2D eigenvalue weighted by molar-refractivity contribution is 0.667. The van der Waals surface area contributed by atoms with Crippen LogP contribution in [0.1, 0.15) is 26.2 Å². The van der Waals surface area contributed by atoms with Gasteiger partial charge < -0.3 is 5.43 Å². The summed E-state index contributed by atoms with van der Waals surface area (Å²) >= 11 is 0. The Morgan fingerprint density at radius 2 is 2.36 bits per heavy atom. The second-order valence-electron chi connectivity index (χ2n) is 2.57. The van der Waals surface area contributed by atoms with Crippen LogP contribution >= 0.6 is 0 Å². The molecule has 3 nitrogen and oxygen atoms in total. The molecule has 0 atom stereocenters. The summed E-state index contributed by atoms with van der Waals surface area (Å²) in [6, 6.07) is 1.91. The molecule has 1 N–H and O–H groups in total. The highest BCUT2D eigenvalue weighted by molar-refractivity contribution is 4.80. The number of hydrogen-bond acceptors (Lipinski definition) is 2. The average Bonchev–Trinajstić information content (AvgIpc) is 2.50. The summed E-state index contributed by atoms with van der Waals surface area (Å²) in [6.07, 6.45) is 7.45. The van der Waals surface area contributed by atoms with Crippen LogP contribution in [0.25, 0.3) is 0 Å². The third-order valence-electron chi connectivity index (χ3n) is 1.56. The van der Waals surface area contributed by atoms with Crippen LogP contribution in [0, 0.1) is 0 Å². The number of rotatable bonds is 5. The van der Waals surface area contributed by atoms with Crippen LogP contribution in [0.15, 0.2) is 18.5 Å². The molecular formula is C8H15N3. The normalized spacial score (nSPS) is 9.91. The Morgan fingerprint density at radius 1 is 1.45 bits per heavy atom. The molecule has 11 heavy (non-hydrogen) atoms. The van der Waals surface area contributed by atoms with Gasteiger partial charge in [0, 0.05) is 12.7 Å². The molecule has 1 aromatic rings. The number of hydrogen-bond donors (Lipinski definition) is 1. The molecule has 0 bridgehead atoms. The lowest BCUT2D eigenvalue weighted by atomic mass is 10.3. The highest BCUT2D eigenvalue weighted by Gasteiger charge is 1.86. The zero-order chi connectivity index (χ0) is 7.94. The van der Waals surface area contributed by atoms with Crippen LogP contribution in [0.2, 0.25) is 0 Å². The predicted octanol–water partition coefficient (Wildman–Crippen LogP) is 1.62. The molecule has 0 radical (unpaired) electrons. The Bertz CT molecular complexity index is 169. The molecule has 1 heterocycles. The lowest BCUT2D eigenvalue weighted by Crippen LogP contribution is -2.15. The van der Waals surface area contributed by atoms with Gasteiger partial charge in [-0.05, 0) is 12.5 Å². The molecule has 1 rings (SSSR count). The Kier molecular flexibility index (Phi) is 3.52. The zero-order valence-electron chi connectivity index (χ0n) is 6.95. The fourth-order valence-corrected chi connectivity index (χ4v) is 0.931. The van der Waals surface area contributed by atoms with Gasteiger partial charge in [-0.2, -0.15) is 9.89 Å². The van der Waals surface area contributed by atoms with E-state index in [1.165, 1.54) is 19.3 Å². The summed E-state index contributed by atoms with van der Waals surface area (Å²) in [6.45, 7) is 3.21. The minimum atomic E-state index is 1.01. The van der Waals surface area contributed by atoms with Gasteiger partial charge in [-0.25, -0.2) is 0 Å². The van der Waals surface area contributed by atoms with Gasteiger partial charge in [-0.3, -0.25) is 0 Å². The van der Waals surface area contributed by atoms with Crippen molar-refractivity contribution in [3.8, 4) is 0 Å². The first-order valence-corrected chi connectivity index (χ1v) is 4.17. The van der Waals surface area contributed by atoms with E-state index in [2.05, 4.69) is 17.4 Å². The second-order valence-corrected chi connectivity index (χ2v) is 2.57. The van der Waals surface area contributed by atoms with Gasteiger partial charge in [0.1, 0.15) is 0 Å². The highest BCUT2D eigenvalue weighted by Crippen LogP contribution is 1.91. The first-order valence-electron chi connectivity index (χ1n) is 4.17. The molecule has 0 fully saturated rings. The van der Waals surface area contributed by atoms with Crippen molar-refractivity contribution in [2.45, 2.75) is 26.2 Å². The van der Waals surface area contributed by atoms with Crippen molar-refractivity contribution >= 4 is 0 Å². The number of nitrogens with zero attached hydrogens (tertiary/aromatic N) is 2. The van der Waals surface area contributed by atoms with E-state index in [1.807, 2.05) is 12.3 Å². The van der Waals surface area contributed by atoms with E-state index in [0.29, 0.717) is 0 Å². The van der Waals surface area contributed by atoms with E-state index in [-0.39, 0.29) is 0 Å². The Hall–Kier alpha value is -0.990. The summed E-state index contributed by atoms with van der Waals surface area (Å²) in [5.74, 6) is 0. The van der Waals surface area contributed by atoms with Crippen LogP contribution in [-0.2, 0) is 0 Å². The number of nitrogens with one attached hydrogen (secondary N) is 1. The number of aromatic nitrogens is 2. The molecule has 0 spiro atoms. The van der Waals surface area contributed by atoms with Crippen molar-refractivity contribution in [1.82, 2.24) is 9.89 Å². The van der Waals surface area contributed by atoms with Crippen molar-refractivity contribution in [3.05, 3.63) is 18.5 Å². The lowest BCUT2D eigenvalue weighted by Gasteiger charge is -2.03. The monoisotopic (exact) mass is 153 g/mol. The van der Waals surface area contributed by atoms with Gasteiger partial charge in [0.25, 0.3) is 0 Å². The Balaban J connectivity index is 2.04. The maximum Gasteiger partial charge on any atom is 0.0510 e. The minimum absolute atomic E-state index is 1.01. The molecule has 3 heteroatoms. The topological polar surface area (TPSA) is 29.9 Å². The highest BCUT2D eigenvalue weighted by atomic mass is 15.5. The van der Waals surface area contributed by atoms with E-state index in [1.54, 1.807) is 11.0 Å². The average molecular weight is 153 g/mol. The maximum absolute atomic E-state index is 4.02. The number of unbranched alkanes of at least 4 members (excludes halogenated alkanes) is 2. The summed E-state index contributed by atoms with van der Waals surface area (Å²) in [4.78, 5) is 1.75. The van der Waals surface area contributed by atoms with Crippen molar-refractivity contribution in [2.24, 2.45) is 0 Å². The summed E-state index contributed by atoms with van der Waals surface area (Å²) < 4.78 is 0. The molecule has 0 aliphatic heterocycles. The van der Waals surface area contributed by atoms with Crippen molar-refractivity contribution in [3.63, 3.8) is 0 Å². The molecule has 0 amide bonds. The molecule has 0 aliphatic rings. The molecule has 1 aromatic heterocycles. The summed E-state index contributed by atoms with van der Waals surface area (Å²) in [5.41, 5.74) is 3.16. The van der Waals surface area contributed by atoms with Gasteiger partial charge in [-0.15, -0.1) is 0 Å². The fraction of sp³-hybridized carbons (Fsp3) is 0.625. The quantitative estimate of drug-likeness (QED) is 0.651. The Labute approximate surface area is 67.4 Å². The van der Waals surface area contributed by atoms with E-state index in [4.69, 9.17) is 0 Å². The SMILES string of the molecule is CCCCCNn1cccn1. The van der Waals surface area contributed by atoms with Crippen molar-refractivity contribution < 1.29 is 0 Å². The third-order valence-corrected chi connectivity index (χ3v) is 1.56. The zero-order valence-corrected chi connectivity index (χ0v) is 6.95. The summed E-state index contributed by atoms with van der Waals surface area (Å²) in [5, 5.41) is 4.02. The maximum atomic E-state index is 4.02. The van der Waals surface area contributed by atoms with Gasteiger partial charge in [0.2, 0.25) is 0 Å². The second kappa shape index (κ2) is 4.77. The van der Waals surface area contributed by atoms with Gasteiger partial charge in [0.15, 0.2) is 0 Å². The van der Waals surface area contributed by atoms with Gasteiger partial charge >= 0.3 is 0 Å². The van der Waals surface area contributed by atoms with Crippen molar-refractivity contribution in [1.29, 1.82) is 0 Å². The van der Waals surface area contributed by atoms with Crippen LogP contribution in [-0.4, -0.2) is 16.4 Å². The summed E-state index contributed by atoms with van der Waals surface area (Å²) in [7, 11) is 0. The van der Waals surface area contributed by atoms with Crippen LogP contribution in [0.5, 0.6) is 0 Å². The van der Waals surface area contributed by atoms with Crippen LogP contribution < -0.4 is 5.43 Å². The first kappa shape index (κ1) is 8.11. The smallest absolute Gasteiger partial charge is 0.0510 e. The molecule has 0 saturated carbocycles. The first-order chi connectivity index (χ1) is 5.43. The molecule has 0 saturated heterocycles. The van der Waals surface area contributed by atoms with E-state index >= 15 is 0 Å². The van der Waals surface area contributed by atoms with Crippen LogP contribution in [0.4, 0.5) is 0 Å². The molecule has 0 unspecified atom stereocenters. The largest absolute Gasteiger partial charge is 0.310 e. The predicted molar refractivity (Wildman–Crippen MR) is 46.0 cm³/mol. The standard InChI is InChI=1S/C8H15N3/c1-2-3-4-6-9-11-8-5-7-10-11/h5,7-9H,2-4,6H2,1H3. The van der Waals surface area contributed by atoms with Crippen molar-refractivity contribution in [2.75, 3.05) is 12.0 Å². The molecular weight excluding hydrogens is 138 g/mol. The van der Waals surface area contributed by atoms with Gasteiger partial charge in [0.05, 0.1) is 6.20 Å². The third kappa shape index (κ3) is 3.07. The van der Waals surface area contributed by atoms with E-state index in [0.717, 1.165) is 6.54 Å². The fourth-order valence-electron chi connectivity index (χ4n) is 0.931. The Morgan fingerprint density at radius 3 is 3.00 bits per heavy atom. The molecule has 0 aromatic carbocycles. The molecule has 62 valence electrons. The van der Waals surface area contributed by atoms with E-state index in [9.17, 15) is 0 Å². The molecule has 0 aliphatic carbocycles. The van der Waals surface area contributed by atoms with E-state index < -0.39 is 0 Å². The van der Waals surface area contributed by atoms with Crippen LogP contribution in [0.3, 0.4) is 0 Å².